The molecular weight excluding hydrogens is 493 g/mol. The van der Waals surface area contributed by atoms with E-state index in [1.807, 2.05) is 0 Å². The summed E-state index contributed by atoms with van der Waals surface area (Å²) in [5.41, 5.74) is 1.58. The van der Waals surface area contributed by atoms with Crippen molar-refractivity contribution < 1.29 is 27.2 Å². The lowest BCUT2D eigenvalue weighted by molar-refractivity contribution is -0.153. The molecular formula is C25H35F3N4O3S. The Bertz CT molecular complexity index is 945. The van der Waals surface area contributed by atoms with Gasteiger partial charge >= 0.3 is 6.18 Å². The molecule has 0 amide bonds. The second kappa shape index (κ2) is 13.8. The molecule has 0 spiro atoms. The zero-order valence-electron chi connectivity index (χ0n) is 20.8. The second-order valence-electron chi connectivity index (χ2n) is 9.12. The Labute approximate surface area is 214 Å². The van der Waals surface area contributed by atoms with Crippen molar-refractivity contribution in [3.8, 4) is 11.1 Å². The van der Waals surface area contributed by atoms with Crippen LogP contribution in [0.2, 0.25) is 0 Å². The highest BCUT2D eigenvalue weighted by Crippen LogP contribution is 2.30. The van der Waals surface area contributed by atoms with Crippen LogP contribution in [0.15, 0.2) is 27.9 Å². The number of aromatic nitrogens is 2. The summed E-state index contributed by atoms with van der Waals surface area (Å²) in [5.74, 6) is 2.02. The number of methoxy groups -OCH3 is 1. The van der Waals surface area contributed by atoms with E-state index >= 15 is 0 Å². The van der Waals surface area contributed by atoms with Gasteiger partial charge in [-0.15, -0.1) is 0 Å². The monoisotopic (exact) mass is 528 g/mol. The molecule has 1 fully saturated rings. The molecule has 0 atom stereocenters. The third kappa shape index (κ3) is 9.57. The molecule has 0 saturated heterocycles. The summed E-state index contributed by atoms with van der Waals surface area (Å²) >= 11 is 1.28. The number of hydrogen-bond acceptors (Lipinski definition) is 8. The summed E-state index contributed by atoms with van der Waals surface area (Å²) < 4.78 is 51.2. The molecule has 1 aliphatic heterocycles. The molecule has 0 aromatic carbocycles. The van der Waals surface area contributed by atoms with Gasteiger partial charge in [-0.1, -0.05) is 50.0 Å². The lowest BCUT2D eigenvalue weighted by Crippen LogP contribution is -2.29. The number of thiazole rings is 1. The predicted octanol–water partition coefficient (Wildman–Crippen LogP) is 5.90. The molecule has 0 unspecified atom stereocenters. The Kier molecular flexibility index (Phi) is 10.8. The maximum Gasteiger partial charge on any atom is 0.422 e. The fourth-order valence-electron chi connectivity index (χ4n) is 4.39. The van der Waals surface area contributed by atoms with Crippen LogP contribution >= 0.6 is 11.3 Å². The number of ether oxygens (including phenoxy) is 2. The Balaban J connectivity index is 0.000000253. The lowest BCUT2D eigenvalue weighted by Gasteiger charge is -2.26. The molecule has 1 saturated carbocycles. The van der Waals surface area contributed by atoms with Gasteiger partial charge in [0.1, 0.15) is 5.76 Å². The highest BCUT2D eigenvalue weighted by molar-refractivity contribution is 7.13. The van der Waals surface area contributed by atoms with E-state index in [0.29, 0.717) is 23.8 Å². The SMILES string of the molecule is C=NC(=C)Cc1cc(OC)no1.FC(F)(F)COc1nc2c(s1)CCN(CCC1CCCCC1)CC2. The van der Waals surface area contributed by atoms with Gasteiger partial charge in [-0.25, -0.2) is 4.98 Å². The van der Waals surface area contributed by atoms with Gasteiger partial charge in [-0.2, -0.15) is 13.2 Å². The normalized spacial score (nSPS) is 16.9. The molecule has 2 aromatic heterocycles. The second-order valence-corrected chi connectivity index (χ2v) is 10.2. The minimum atomic E-state index is -4.31. The van der Waals surface area contributed by atoms with E-state index in [-0.39, 0.29) is 5.19 Å². The van der Waals surface area contributed by atoms with Crippen LogP contribution in [0.25, 0.3) is 0 Å². The maximum absolute atomic E-state index is 12.2. The largest absolute Gasteiger partial charge is 0.479 e. The predicted molar refractivity (Wildman–Crippen MR) is 134 cm³/mol. The zero-order valence-corrected chi connectivity index (χ0v) is 21.6. The molecule has 0 bridgehead atoms. The van der Waals surface area contributed by atoms with Gasteiger partial charge in [0.2, 0.25) is 0 Å². The number of halogens is 3. The van der Waals surface area contributed by atoms with E-state index in [2.05, 4.69) is 33.3 Å². The van der Waals surface area contributed by atoms with Crippen molar-refractivity contribution in [2.45, 2.75) is 64.0 Å². The van der Waals surface area contributed by atoms with Gasteiger partial charge in [0, 0.05) is 36.2 Å². The van der Waals surface area contributed by atoms with Crippen molar-refractivity contribution in [3.05, 3.63) is 34.7 Å². The first-order chi connectivity index (χ1) is 17.3. The van der Waals surface area contributed by atoms with Gasteiger partial charge in [0.25, 0.3) is 11.1 Å². The van der Waals surface area contributed by atoms with Crippen LogP contribution in [0.4, 0.5) is 13.2 Å². The number of rotatable bonds is 9. The molecule has 4 rings (SSSR count). The summed E-state index contributed by atoms with van der Waals surface area (Å²) in [6.45, 7) is 8.79. The van der Waals surface area contributed by atoms with Crippen LogP contribution in [0, 0.1) is 5.92 Å². The Hall–Kier alpha value is -2.40. The number of alkyl halides is 3. The number of fused-ring (bicyclic) bond motifs is 1. The highest BCUT2D eigenvalue weighted by Gasteiger charge is 2.29. The summed E-state index contributed by atoms with van der Waals surface area (Å²) in [7, 11) is 1.53. The van der Waals surface area contributed by atoms with Crippen molar-refractivity contribution >= 4 is 18.1 Å². The molecule has 11 heteroatoms. The van der Waals surface area contributed by atoms with Crippen molar-refractivity contribution in [1.29, 1.82) is 0 Å². The average molecular weight is 529 g/mol. The van der Waals surface area contributed by atoms with Gasteiger partial charge in [0.15, 0.2) is 6.61 Å². The molecule has 36 heavy (non-hydrogen) atoms. The third-order valence-corrected chi connectivity index (χ3v) is 7.43. The van der Waals surface area contributed by atoms with E-state index < -0.39 is 12.8 Å². The smallest absolute Gasteiger partial charge is 0.422 e. The maximum atomic E-state index is 12.2. The fourth-order valence-corrected chi connectivity index (χ4v) is 5.33. The van der Waals surface area contributed by atoms with Gasteiger partial charge < -0.3 is 18.9 Å². The molecule has 200 valence electrons. The quantitative estimate of drug-likeness (QED) is 0.378. The first-order valence-corrected chi connectivity index (χ1v) is 13.1. The van der Waals surface area contributed by atoms with Crippen LogP contribution in [-0.2, 0) is 19.3 Å². The van der Waals surface area contributed by atoms with E-state index in [0.717, 1.165) is 49.0 Å². The zero-order chi connectivity index (χ0) is 26.0. The van der Waals surface area contributed by atoms with E-state index in [4.69, 9.17) is 14.0 Å². The third-order valence-electron chi connectivity index (χ3n) is 6.36. The fraction of sp³-hybridized carbons (Fsp3) is 0.640. The van der Waals surface area contributed by atoms with Gasteiger partial charge in [-0.3, -0.25) is 4.99 Å². The molecule has 1 aliphatic carbocycles. The summed E-state index contributed by atoms with van der Waals surface area (Å²) in [4.78, 5) is 11.5. The summed E-state index contributed by atoms with van der Waals surface area (Å²) in [6.07, 6.45) is 6.08. The molecule has 2 aromatic rings. The lowest BCUT2D eigenvalue weighted by atomic mass is 9.87. The number of allylic oxidation sites excluding steroid dienone is 1. The molecule has 7 nitrogen and oxygen atoms in total. The summed E-state index contributed by atoms with van der Waals surface area (Å²) in [5, 5.41) is 3.78. The number of aliphatic imine (C=N–C) groups is 1. The summed E-state index contributed by atoms with van der Waals surface area (Å²) in [6, 6.07) is 1.69. The molecule has 0 radical (unpaired) electrons. The Morgan fingerprint density at radius 3 is 2.67 bits per heavy atom. The number of nitrogens with zero attached hydrogens (tertiary/aromatic N) is 4. The van der Waals surface area contributed by atoms with Crippen molar-refractivity contribution in [3.63, 3.8) is 0 Å². The van der Waals surface area contributed by atoms with Crippen LogP contribution < -0.4 is 9.47 Å². The van der Waals surface area contributed by atoms with Crippen LogP contribution in [0.3, 0.4) is 0 Å². The van der Waals surface area contributed by atoms with Crippen molar-refractivity contribution in [2.75, 3.05) is 33.4 Å². The standard InChI is InChI=1S/C17H25F3N2OS.C8H10N2O2/c18-17(19,20)12-23-16-21-14-7-10-22(11-8-15(14)24-16)9-6-13-4-2-1-3-5-13;1-6(9-2)4-7-5-8(11-3)10-12-7/h13H,1-12H2;5H,1-2,4H2,3H3. The Morgan fingerprint density at radius 1 is 1.25 bits per heavy atom. The van der Waals surface area contributed by atoms with E-state index in [9.17, 15) is 13.2 Å². The molecule has 3 heterocycles. The first kappa shape index (κ1) is 28.2. The minimum Gasteiger partial charge on any atom is -0.479 e. The van der Waals surface area contributed by atoms with Crippen LogP contribution in [0.5, 0.6) is 11.1 Å². The van der Waals surface area contributed by atoms with Crippen molar-refractivity contribution in [2.24, 2.45) is 10.9 Å². The van der Waals surface area contributed by atoms with Crippen LogP contribution in [-0.4, -0.2) is 61.3 Å². The highest BCUT2D eigenvalue weighted by atomic mass is 32.1. The minimum absolute atomic E-state index is 0.160. The molecule has 0 N–H and O–H groups in total. The van der Waals surface area contributed by atoms with Gasteiger partial charge in [0.05, 0.1) is 19.2 Å². The van der Waals surface area contributed by atoms with E-state index in [1.54, 1.807) is 6.07 Å². The van der Waals surface area contributed by atoms with Crippen LogP contribution in [0.1, 0.15) is 54.9 Å². The first-order valence-electron chi connectivity index (χ1n) is 12.3. The average Bonchev–Trinajstić information content (AvgIpc) is 3.44. The molecule has 2 aliphatic rings. The topological polar surface area (TPSA) is 73.0 Å². The van der Waals surface area contributed by atoms with Crippen molar-refractivity contribution in [1.82, 2.24) is 15.0 Å². The van der Waals surface area contributed by atoms with E-state index in [1.165, 1.54) is 57.0 Å². The Morgan fingerprint density at radius 2 is 2.00 bits per heavy atom. The number of hydrogen-bond donors (Lipinski definition) is 0. The van der Waals surface area contributed by atoms with Gasteiger partial charge in [-0.05, 0) is 37.2 Å².